The van der Waals surface area contributed by atoms with Crippen LogP contribution in [0.3, 0.4) is 0 Å². The highest BCUT2D eigenvalue weighted by Gasteiger charge is 2.24. The van der Waals surface area contributed by atoms with Gasteiger partial charge in [0.1, 0.15) is 0 Å². The van der Waals surface area contributed by atoms with E-state index in [1.807, 2.05) is 23.5 Å². The topological polar surface area (TPSA) is 48.5 Å². The van der Waals surface area contributed by atoms with E-state index in [0.717, 1.165) is 55.8 Å². The molecule has 0 radical (unpaired) electrons. The molecule has 0 unspecified atom stereocenters. The van der Waals surface area contributed by atoms with Crippen LogP contribution in [0.15, 0.2) is 261 Å². The van der Waals surface area contributed by atoms with Crippen LogP contribution in [-0.4, -0.2) is 24.1 Å². The number of benzene rings is 11. The van der Waals surface area contributed by atoms with E-state index in [4.69, 9.17) is 15.0 Å². The van der Waals surface area contributed by atoms with Crippen molar-refractivity contribution in [3.05, 3.63) is 261 Å². The van der Waals surface area contributed by atoms with E-state index in [0.29, 0.717) is 17.5 Å². The van der Waals surface area contributed by atoms with Crippen molar-refractivity contribution in [3.8, 4) is 78.9 Å². The summed E-state index contributed by atoms with van der Waals surface area (Å²) in [5.41, 5.74) is 16.4. The average Bonchev–Trinajstić information content (AvgIpc) is 4.19. The highest BCUT2D eigenvalue weighted by Crippen LogP contribution is 2.48. The molecule has 0 aliphatic rings. The van der Waals surface area contributed by atoms with E-state index in [1.165, 1.54) is 69.4 Å². The molecule has 350 valence electrons. The third kappa shape index (κ3) is 6.95. The van der Waals surface area contributed by atoms with Gasteiger partial charge >= 0.3 is 0 Å². The van der Waals surface area contributed by atoms with Crippen molar-refractivity contribution in [2.45, 2.75) is 0 Å². The van der Waals surface area contributed by atoms with Crippen LogP contribution in [0.25, 0.3) is 143 Å². The fraction of sp³-hybridized carbons (Fsp3) is 0. The average molecular weight is 974 g/mol. The van der Waals surface area contributed by atoms with E-state index in [1.54, 1.807) is 0 Å². The normalized spacial score (nSPS) is 11.7. The zero-order valence-corrected chi connectivity index (χ0v) is 41.3. The maximum Gasteiger partial charge on any atom is 0.164 e. The minimum atomic E-state index is 0.598. The van der Waals surface area contributed by atoms with Crippen LogP contribution in [0.1, 0.15) is 0 Å². The number of para-hydroxylation sites is 3. The third-order valence-corrected chi connectivity index (χ3v) is 16.0. The Morgan fingerprint density at radius 3 is 1.23 bits per heavy atom. The molecule has 0 saturated carbocycles. The maximum absolute atomic E-state index is 5.39. The van der Waals surface area contributed by atoms with Crippen molar-refractivity contribution >= 4 is 75.1 Å². The van der Waals surface area contributed by atoms with Gasteiger partial charge in [0.05, 0.1) is 37.2 Å². The van der Waals surface area contributed by atoms with Gasteiger partial charge in [0.15, 0.2) is 17.5 Å². The fourth-order valence-corrected chi connectivity index (χ4v) is 12.8. The molecule has 75 heavy (non-hydrogen) atoms. The van der Waals surface area contributed by atoms with E-state index in [9.17, 15) is 0 Å². The highest BCUT2D eigenvalue weighted by atomic mass is 32.1. The minimum absolute atomic E-state index is 0.598. The minimum Gasteiger partial charge on any atom is -0.308 e. The lowest BCUT2D eigenvalue weighted by atomic mass is 9.98. The molecular formula is C69H43N5S. The summed E-state index contributed by atoms with van der Waals surface area (Å²) in [6.07, 6.45) is 0. The first-order valence-electron chi connectivity index (χ1n) is 25.4. The number of nitrogens with zero attached hydrogens (tertiary/aromatic N) is 5. The lowest BCUT2D eigenvalue weighted by Gasteiger charge is -2.14. The molecule has 4 heterocycles. The standard InChI is InChI=1S/C69H43N5S/c1-4-21-44(22-5-1)49-29-10-12-34-58(49)68-70-67(71-69(72-68)59-35-13-11-30-50(59)45-23-6-2-7-24-45)47-27-20-28-48(43-47)73-61-37-18-15-32-52(61)54-39-41-56-57-42-40-55-53-33-16-19-38-62(53)74(64(55)66(57)75-65(56)63(54)73)60-36-17-14-31-51(60)46-25-8-3-9-26-46/h1-43H. The molecule has 0 saturated heterocycles. The molecule has 0 aliphatic heterocycles. The molecule has 0 fully saturated rings. The number of fused-ring (bicyclic) bond motifs is 11. The van der Waals surface area contributed by atoms with Crippen molar-refractivity contribution in [2.75, 3.05) is 0 Å². The summed E-state index contributed by atoms with van der Waals surface area (Å²) in [6.45, 7) is 0. The zero-order valence-electron chi connectivity index (χ0n) is 40.5. The van der Waals surface area contributed by atoms with Gasteiger partial charge in [-0.2, -0.15) is 0 Å². The molecule has 0 bridgehead atoms. The molecule has 15 aromatic rings. The second-order valence-electron chi connectivity index (χ2n) is 19.0. The summed E-state index contributed by atoms with van der Waals surface area (Å²) in [6, 6.07) is 93.1. The van der Waals surface area contributed by atoms with E-state index in [2.05, 4.69) is 258 Å². The lowest BCUT2D eigenvalue weighted by molar-refractivity contribution is 1.07. The van der Waals surface area contributed by atoms with Crippen molar-refractivity contribution in [2.24, 2.45) is 0 Å². The molecule has 0 atom stereocenters. The summed E-state index contributed by atoms with van der Waals surface area (Å²) < 4.78 is 7.47. The molecule has 15 rings (SSSR count). The lowest BCUT2D eigenvalue weighted by Crippen LogP contribution is -2.02. The van der Waals surface area contributed by atoms with Gasteiger partial charge in [-0.25, -0.2) is 15.0 Å². The van der Waals surface area contributed by atoms with Crippen LogP contribution in [0, 0.1) is 0 Å². The smallest absolute Gasteiger partial charge is 0.164 e. The Bertz CT molecular complexity index is 4600. The quantitative estimate of drug-likeness (QED) is 0.152. The van der Waals surface area contributed by atoms with Gasteiger partial charge < -0.3 is 9.13 Å². The van der Waals surface area contributed by atoms with Gasteiger partial charge in [-0.3, -0.25) is 0 Å². The van der Waals surface area contributed by atoms with Crippen LogP contribution in [0.5, 0.6) is 0 Å². The third-order valence-electron chi connectivity index (χ3n) is 14.8. The fourth-order valence-electron chi connectivity index (χ4n) is 11.5. The molecule has 0 N–H and O–H groups in total. The SMILES string of the molecule is c1ccc(-c2ccccc2-c2nc(-c3cccc(-n4c5ccccc5c5ccc6c7ccc8c9ccccc9n(-c9ccccc9-c9ccccc9)c8c7sc6c54)c3)nc(-c3ccccc3-c3ccccc3)n2)cc1. The van der Waals surface area contributed by atoms with E-state index >= 15 is 0 Å². The van der Waals surface area contributed by atoms with Gasteiger partial charge in [-0.05, 0) is 58.1 Å². The number of hydrogen-bond donors (Lipinski definition) is 0. The Morgan fingerprint density at radius 1 is 0.267 bits per heavy atom. The molecule has 11 aromatic carbocycles. The number of rotatable bonds is 8. The first kappa shape index (κ1) is 42.9. The molecule has 6 heteroatoms. The van der Waals surface area contributed by atoms with Crippen molar-refractivity contribution in [1.82, 2.24) is 24.1 Å². The Hall–Kier alpha value is -9.75. The van der Waals surface area contributed by atoms with Gasteiger partial charge in [0.2, 0.25) is 0 Å². The summed E-state index contributed by atoms with van der Waals surface area (Å²) in [5, 5.41) is 7.37. The van der Waals surface area contributed by atoms with Crippen molar-refractivity contribution < 1.29 is 0 Å². The summed E-state index contributed by atoms with van der Waals surface area (Å²) in [4.78, 5) is 16.1. The van der Waals surface area contributed by atoms with E-state index < -0.39 is 0 Å². The summed E-state index contributed by atoms with van der Waals surface area (Å²) >= 11 is 1.89. The maximum atomic E-state index is 5.39. The molecule has 5 nitrogen and oxygen atoms in total. The number of aromatic nitrogens is 5. The summed E-state index contributed by atoms with van der Waals surface area (Å²) in [5.74, 6) is 1.82. The Morgan fingerprint density at radius 2 is 0.667 bits per heavy atom. The Kier molecular flexibility index (Phi) is 10.00. The van der Waals surface area contributed by atoms with Crippen LogP contribution in [0.4, 0.5) is 0 Å². The molecule has 0 aliphatic carbocycles. The molecular weight excluding hydrogens is 931 g/mol. The Labute approximate surface area is 436 Å². The van der Waals surface area contributed by atoms with Crippen molar-refractivity contribution in [3.63, 3.8) is 0 Å². The Balaban J connectivity index is 0.969. The van der Waals surface area contributed by atoms with Gasteiger partial charge in [-0.15, -0.1) is 11.3 Å². The van der Waals surface area contributed by atoms with Crippen LogP contribution in [-0.2, 0) is 0 Å². The first-order chi connectivity index (χ1) is 37.2. The predicted octanol–water partition coefficient (Wildman–Crippen LogP) is 18.4. The summed E-state index contributed by atoms with van der Waals surface area (Å²) in [7, 11) is 0. The first-order valence-corrected chi connectivity index (χ1v) is 26.2. The van der Waals surface area contributed by atoms with Gasteiger partial charge in [0.25, 0.3) is 0 Å². The van der Waals surface area contributed by atoms with Crippen LogP contribution >= 0.6 is 11.3 Å². The van der Waals surface area contributed by atoms with Crippen LogP contribution < -0.4 is 0 Å². The van der Waals surface area contributed by atoms with E-state index in [-0.39, 0.29) is 0 Å². The highest BCUT2D eigenvalue weighted by molar-refractivity contribution is 7.27. The second-order valence-corrected chi connectivity index (χ2v) is 20.1. The monoisotopic (exact) mass is 973 g/mol. The van der Waals surface area contributed by atoms with Crippen LogP contribution in [0.2, 0.25) is 0 Å². The second kappa shape index (κ2) is 17.5. The largest absolute Gasteiger partial charge is 0.308 e. The zero-order chi connectivity index (χ0) is 49.4. The van der Waals surface area contributed by atoms with Crippen molar-refractivity contribution in [1.29, 1.82) is 0 Å². The van der Waals surface area contributed by atoms with Gasteiger partial charge in [-0.1, -0.05) is 231 Å². The predicted molar refractivity (Wildman–Crippen MR) is 314 cm³/mol. The molecule has 4 aromatic heterocycles. The molecule has 0 amide bonds. The number of hydrogen-bond acceptors (Lipinski definition) is 4. The van der Waals surface area contributed by atoms with Gasteiger partial charge in [0, 0.05) is 60.3 Å². The number of thiophene rings is 1. The molecule has 0 spiro atoms.